The molecule has 0 aliphatic carbocycles. The molecule has 0 heterocycles. The molecule has 1 amide bonds. The Bertz CT molecular complexity index is 84.5. The quantitative estimate of drug-likeness (QED) is 0.631. The second kappa shape index (κ2) is 12.9. The number of unbranched alkanes of at least 4 members (excludes halogenated alkanes) is 5. The van der Waals surface area contributed by atoms with Gasteiger partial charge in [0.1, 0.15) is 0 Å². The molecule has 0 fully saturated rings. The maximum absolute atomic E-state index is 8.78. The molecular formula is C9H21NO2. The molecule has 3 nitrogen and oxygen atoms in total. The van der Waals surface area contributed by atoms with E-state index >= 15 is 0 Å². The molecule has 0 radical (unpaired) electrons. The van der Waals surface area contributed by atoms with Gasteiger partial charge < -0.3 is 10.8 Å². The van der Waals surface area contributed by atoms with Gasteiger partial charge in [0, 0.05) is 0 Å². The predicted octanol–water partition coefficient (Wildman–Crippen LogP) is 2.99. The van der Waals surface area contributed by atoms with E-state index in [-0.39, 0.29) is 0 Å². The van der Waals surface area contributed by atoms with Crippen molar-refractivity contribution in [3.63, 3.8) is 0 Å². The first kappa shape index (κ1) is 13.8. The topological polar surface area (TPSA) is 63.3 Å². The van der Waals surface area contributed by atoms with Gasteiger partial charge in [0.05, 0.1) is 0 Å². The minimum Gasteiger partial charge on any atom is -0.465 e. The molecule has 74 valence electrons. The molecule has 0 saturated carbocycles. The first-order valence-electron chi connectivity index (χ1n) is 4.63. The minimum atomic E-state index is -1.33. The number of hydrogen-bond acceptors (Lipinski definition) is 1. The molecule has 0 aliphatic heterocycles. The van der Waals surface area contributed by atoms with Crippen molar-refractivity contribution in [1.82, 2.24) is 0 Å². The maximum Gasteiger partial charge on any atom is 0.402 e. The van der Waals surface area contributed by atoms with Crippen molar-refractivity contribution in [1.29, 1.82) is 0 Å². The highest BCUT2D eigenvalue weighted by atomic mass is 16.4. The molecule has 12 heavy (non-hydrogen) atoms. The number of nitrogens with two attached hydrogens (primary N) is 1. The van der Waals surface area contributed by atoms with Crippen molar-refractivity contribution in [3.05, 3.63) is 0 Å². The van der Waals surface area contributed by atoms with Crippen LogP contribution in [0.5, 0.6) is 0 Å². The zero-order valence-electron chi connectivity index (χ0n) is 8.18. The van der Waals surface area contributed by atoms with Crippen LogP contribution in [0.2, 0.25) is 0 Å². The number of rotatable bonds is 5. The van der Waals surface area contributed by atoms with Crippen LogP contribution in [0.4, 0.5) is 4.79 Å². The fourth-order valence-corrected chi connectivity index (χ4v) is 0.854. The van der Waals surface area contributed by atoms with E-state index in [0.29, 0.717) is 0 Å². The molecule has 0 aromatic carbocycles. The third-order valence-electron chi connectivity index (χ3n) is 1.46. The Labute approximate surface area is 75.0 Å². The van der Waals surface area contributed by atoms with Crippen molar-refractivity contribution in [2.24, 2.45) is 5.73 Å². The zero-order chi connectivity index (χ0) is 9.82. The van der Waals surface area contributed by atoms with Crippen LogP contribution in [0.25, 0.3) is 0 Å². The standard InChI is InChI=1S/C8H18.CH3NO2/c1-3-5-7-8-6-4-2;2-1(3)4/h3-8H2,1-2H3;2H2,(H,3,4). The molecule has 0 saturated heterocycles. The SMILES string of the molecule is CCCCCCCC.NC(=O)O. The van der Waals surface area contributed by atoms with Crippen LogP contribution >= 0.6 is 0 Å². The van der Waals surface area contributed by atoms with Crippen LogP contribution in [0, 0.1) is 0 Å². The normalized spacial score (nSPS) is 8.50. The number of primary amides is 1. The van der Waals surface area contributed by atoms with Gasteiger partial charge in [-0.2, -0.15) is 0 Å². The second-order valence-electron chi connectivity index (χ2n) is 2.75. The van der Waals surface area contributed by atoms with Crippen molar-refractivity contribution >= 4 is 6.09 Å². The van der Waals surface area contributed by atoms with E-state index in [4.69, 9.17) is 9.90 Å². The van der Waals surface area contributed by atoms with Gasteiger partial charge in [-0.3, -0.25) is 0 Å². The molecular weight excluding hydrogens is 154 g/mol. The van der Waals surface area contributed by atoms with Gasteiger partial charge in [-0.05, 0) is 0 Å². The fourth-order valence-electron chi connectivity index (χ4n) is 0.854. The molecule has 0 atom stereocenters. The average Bonchev–Trinajstić information content (AvgIpc) is 1.97. The lowest BCUT2D eigenvalue weighted by atomic mass is 10.1. The van der Waals surface area contributed by atoms with Gasteiger partial charge >= 0.3 is 6.09 Å². The molecule has 0 aliphatic rings. The van der Waals surface area contributed by atoms with Crippen LogP contribution in [0.15, 0.2) is 0 Å². The summed E-state index contributed by atoms with van der Waals surface area (Å²) in [6.45, 7) is 4.51. The van der Waals surface area contributed by atoms with Gasteiger partial charge in [-0.1, -0.05) is 52.4 Å². The first-order valence-corrected chi connectivity index (χ1v) is 4.63. The van der Waals surface area contributed by atoms with Crippen molar-refractivity contribution in [2.45, 2.75) is 52.4 Å². The number of carbonyl (C=O) groups is 1. The summed E-state index contributed by atoms with van der Waals surface area (Å²) in [5, 5.41) is 7.19. The highest BCUT2D eigenvalue weighted by molar-refractivity contribution is 5.61. The largest absolute Gasteiger partial charge is 0.465 e. The first-order chi connectivity index (χ1) is 5.65. The smallest absolute Gasteiger partial charge is 0.402 e. The summed E-state index contributed by atoms with van der Waals surface area (Å²) in [6, 6.07) is 0. The van der Waals surface area contributed by atoms with Crippen LogP contribution in [0.1, 0.15) is 52.4 Å². The Kier molecular flexibility index (Phi) is 14.9. The minimum absolute atomic E-state index is 1.33. The third kappa shape index (κ3) is 34.8. The Morgan fingerprint density at radius 3 is 1.50 bits per heavy atom. The molecule has 0 spiro atoms. The number of carboxylic acid groups (broad SMARTS) is 1. The van der Waals surface area contributed by atoms with Gasteiger partial charge in [-0.15, -0.1) is 0 Å². The molecule has 0 aromatic heterocycles. The molecule has 0 rings (SSSR count). The van der Waals surface area contributed by atoms with E-state index in [0.717, 1.165) is 0 Å². The van der Waals surface area contributed by atoms with E-state index in [1.54, 1.807) is 0 Å². The summed E-state index contributed by atoms with van der Waals surface area (Å²) < 4.78 is 0. The van der Waals surface area contributed by atoms with Crippen molar-refractivity contribution in [2.75, 3.05) is 0 Å². The second-order valence-corrected chi connectivity index (χ2v) is 2.75. The van der Waals surface area contributed by atoms with E-state index in [1.165, 1.54) is 38.5 Å². The number of hydrogen-bond donors (Lipinski definition) is 2. The number of amides is 1. The lowest BCUT2D eigenvalue weighted by Crippen LogP contribution is -2.03. The molecule has 3 heteroatoms. The summed E-state index contributed by atoms with van der Waals surface area (Å²) in [7, 11) is 0. The summed E-state index contributed by atoms with van der Waals surface area (Å²) in [4.78, 5) is 8.78. The zero-order valence-corrected chi connectivity index (χ0v) is 8.18. The summed E-state index contributed by atoms with van der Waals surface area (Å²) in [5.74, 6) is 0. The van der Waals surface area contributed by atoms with Gasteiger partial charge in [-0.25, -0.2) is 4.79 Å². The third-order valence-corrected chi connectivity index (χ3v) is 1.46. The average molecular weight is 175 g/mol. The van der Waals surface area contributed by atoms with Gasteiger partial charge in [0.25, 0.3) is 0 Å². The monoisotopic (exact) mass is 175 g/mol. The summed E-state index contributed by atoms with van der Waals surface area (Å²) in [6.07, 6.45) is 7.15. The summed E-state index contributed by atoms with van der Waals surface area (Å²) in [5.41, 5.74) is 4.03. The van der Waals surface area contributed by atoms with E-state index in [1.807, 2.05) is 0 Å². The maximum atomic E-state index is 8.78. The van der Waals surface area contributed by atoms with E-state index in [2.05, 4.69) is 19.6 Å². The van der Waals surface area contributed by atoms with Gasteiger partial charge in [0.2, 0.25) is 0 Å². The van der Waals surface area contributed by atoms with E-state index in [9.17, 15) is 0 Å². The lowest BCUT2D eigenvalue weighted by Gasteiger charge is -1.93. The highest BCUT2D eigenvalue weighted by Gasteiger charge is 1.83. The highest BCUT2D eigenvalue weighted by Crippen LogP contribution is 2.03. The summed E-state index contributed by atoms with van der Waals surface area (Å²) >= 11 is 0. The van der Waals surface area contributed by atoms with Crippen molar-refractivity contribution in [3.8, 4) is 0 Å². The Morgan fingerprint density at radius 1 is 1.08 bits per heavy atom. The van der Waals surface area contributed by atoms with Crippen LogP contribution in [-0.4, -0.2) is 11.2 Å². The van der Waals surface area contributed by atoms with Crippen molar-refractivity contribution < 1.29 is 9.90 Å². The molecule has 0 unspecified atom stereocenters. The van der Waals surface area contributed by atoms with Crippen LogP contribution in [-0.2, 0) is 0 Å². The Morgan fingerprint density at radius 2 is 1.33 bits per heavy atom. The fraction of sp³-hybridized carbons (Fsp3) is 0.889. The predicted molar refractivity (Wildman–Crippen MR) is 51.3 cm³/mol. The molecule has 3 N–H and O–H groups in total. The van der Waals surface area contributed by atoms with E-state index < -0.39 is 6.09 Å². The Hall–Kier alpha value is -0.730. The van der Waals surface area contributed by atoms with Crippen LogP contribution < -0.4 is 5.73 Å². The van der Waals surface area contributed by atoms with Crippen LogP contribution in [0.3, 0.4) is 0 Å². The van der Waals surface area contributed by atoms with Gasteiger partial charge in [0.15, 0.2) is 0 Å². The lowest BCUT2D eigenvalue weighted by molar-refractivity contribution is 0.205. The molecule has 0 aromatic rings. The molecule has 0 bridgehead atoms. The Balaban J connectivity index is 0.